The zero-order chi connectivity index (χ0) is 12.5. The van der Waals surface area contributed by atoms with Crippen molar-refractivity contribution in [2.45, 2.75) is 20.3 Å². The number of rotatable bonds is 7. The highest BCUT2D eigenvalue weighted by molar-refractivity contribution is 5.93. The van der Waals surface area contributed by atoms with Crippen molar-refractivity contribution in [2.75, 3.05) is 19.6 Å². The smallest absolute Gasteiger partial charge is 0.156 e. The summed E-state index contributed by atoms with van der Waals surface area (Å²) in [5.74, 6) is 0.195. The summed E-state index contributed by atoms with van der Waals surface area (Å²) in [6, 6.07) is 9.90. The standard InChI is InChI=1S/C15H21NO/c1-3-16(4-2)13-12-15(17)11-10-14-8-6-5-7-9-14/h5-11H,3-4,12-13H2,1-2H3/b11-10-. The van der Waals surface area contributed by atoms with Gasteiger partial charge >= 0.3 is 0 Å². The number of hydrogen-bond donors (Lipinski definition) is 0. The second-order valence-electron chi connectivity index (χ2n) is 3.99. The highest BCUT2D eigenvalue weighted by atomic mass is 16.1. The molecule has 0 N–H and O–H groups in total. The topological polar surface area (TPSA) is 20.3 Å². The van der Waals surface area contributed by atoms with E-state index in [0.717, 1.165) is 25.2 Å². The molecule has 0 aromatic heterocycles. The molecule has 0 bridgehead atoms. The molecule has 2 heteroatoms. The van der Waals surface area contributed by atoms with Crippen LogP contribution in [0, 0.1) is 0 Å². The molecule has 1 aromatic carbocycles. The van der Waals surface area contributed by atoms with Crippen LogP contribution in [0.1, 0.15) is 25.8 Å². The first kappa shape index (κ1) is 13.7. The Labute approximate surface area is 104 Å². The number of carbonyl (C=O) groups excluding carboxylic acids is 1. The van der Waals surface area contributed by atoms with Crippen molar-refractivity contribution < 1.29 is 4.79 Å². The molecule has 0 aliphatic rings. The first-order valence-corrected chi connectivity index (χ1v) is 6.24. The average molecular weight is 231 g/mol. The van der Waals surface area contributed by atoms with E-state index in [4.69, 9.17) is 0 Å². The van der Waals surface area contributed by atoms with Crippen LogP contribution in [0.15, 0.2) is 36.4 Å². The quantitative estimate of drug-likeness (QED) is 0.672. The third kappa shape index (κ3) is 5.45. The van der Waals surface area contributed by atoms with Crippen molar-refractivity contribution in [3.63, 3.8) is 0 Å². The first-order chi connectivity index (χ1) is 8.26. The van der Waals surface area contributed by atoms with E-state index < -0.39 is 0 Å². The normalized spacial score (nSPS) is 11.2. The summed E-state index contributed by atoms with van der Waals surface area (Å²) in [4.78, 5) is 13.9. The highest BCUT2D eigenvalue weighted by Crippen LogP contribution is 2.02. The van der Waals surface area contributed by atoms with Gasteiger partial charge in [0.15, 0.2) is 5.78 Å². The molecule has 2 nitrogen and oxygen atoms in total. The van der Waals surface area contributed by atoms with E-state index in [1.54, 1.807) is 6.08 Å². The van der Waals surface area contributed by atoms with Gasteiger partial charge in [-0.15, -0.1) is 0 Å². The molecule has 0 spiro atoms. The van der Waals surface area contributed by atoms with E-state index in [-0.39, 0.29) is 5.78 Å². The fourth-order valence-electron chi connectivity index (χ4n) is 1.64. The van der Waals surface area contributed by atoms with Crippen LogP contribution in [0.4, 0.5) is 0 Å². The molecule has 0 heterocycles. The van der Waals surface area contributed by atoms with Crippen LogP contribution in [0.2, 0.25) is 0 Å². The Morgan fingerprint density at radius 1 is 1.18 bits per heavy atom. The lowest BCUT2D eigenvalue weighted by Crippen LogP contribution is -2.25. The SMILES string of the molecule is CCN(CC)CCC(=O)/C=C\c1ccccc1. The molecule has 0 unspecified atom stereocenters. The van der Waals surface area contributed by atoms with Gasteiger partial charge in [0.2, 0.25) is 0 Å². The molecule has 0 aliphatic carbocycles. The molecule has 0 amide bonds. The third-order valence-electron chi connectivity index (χ3n) is 2.83. The number of nitrogens with zero attached hydrogens (tertiary/aromatic N) is 1. The lowest BCUT2D eigenvalue weighted by atomic mass is 10.1. The third-order valence-corrected chi connectivity index (χ3v) is 2.83. The Morgan fingerprint density at radius 2 is 1.82 bits per heavy atom. The minimum Gasteiger partial charge on any atom is -0.303 e. The van der Waals surface area contributed by atoms with Crippen LogP contribution in [-0.4, -0.2) is 30.3 Å². The number of benzene rings is 1. The number of carbonyl (C=O) groups is 1. The largest absolute Gasteiger partial charge is 0.303 e. The van der Waals surface area contributed by atoms with Crippen LogP contribution in [0.25, 0.3) is 6.08 Å². The van der Waals surface area contributed by atoms with Gasteiger partial charge in [-0.3, -0.25) is 4.79 Å². The highest BCUT2D eigenvalue weighted by Gasteiger charge is 2.02. The van der Waals surface area contributed by atoms with Gasteiger partial charge in [0.25, 0.3) is 0 Å². The van der Waals surface area contributed by atoms with Gasteiger partial charge in [0.1, 0.15) is 0 Å². The lowest BCUT2D eigenvalue weighted by Gasteiger charge is -2.16. The van der Waals surface area contributed by atoms with Crippen molar-refractivity contribution in [2.24, 2.45) is 0 Å². The summed E-state index contributed by atoms with van der Waals surface area (Å²) in [5.41, 5.74) is 1.07. The van der Waals surface area contributed by atoms with Gasteiger partial charge in [0, 0.05) is 13.0 Å². The number of hydrogen-bond acceptors (Lipinski definition) is 2. The fourth-order valence-corrected chi connectivity index (χ4v) is 1.64. The van der Waals surface area contributed by atoms with Crippen LogP contribution >= 0.6 is 0 Å². The Hall–Kier alpha value is -1.41. The Kier molecular flexibility index (Phi) is 6.26. The first-order valence-electron chi connectivity index (χ1n) is 6.24. The molecular formula is C15H21NO. The van der Waals surface area contributed by atoms with Gasteiger partial charge in [-0.2, -0.15) is 0 Å². The monoisotopic (exact) mass is 231 g/mol. The molecular weight excluding hydrogens is 210 g/mol. The van der Waals surface area contributed by atoms with Crippen molar-refractivity contribution >= 4 is 11.9 Å². The molecule has 0 aliphatic heterocycles. The molecule has 17 heavy (non-hydrogen) atoms. The maximum Gasteiger partial charge on any atom is 0.156 e. The Balaban J connectivity index is 2.37. The van der Waals surface area contributed by atoms with Gasteiger partial charge in [-0.25, -0.2) is 0 Å². The fraction of sp³-hybridized carbons (Fsp3) is 0.400. The van der Waals surface area contributed by atoms with Gasteiger partial charge < -0.3 is 4.90 Å². The summed E-state index contributed by atoms with van der Waals surface area (Å²) >= 11 is 0. The molecule has 0 radical (unpaired) electrons. The summed E-state index contributed by atoms with van der Waals surface area (Å²) in [5, 5.41) is 0. The number of allylic oxidation sites excluding steroid dienone is 1. The average Bonchev–Trinajstić information content (AvgIpc) is 2.39. The van der Waals surface area contributed by atoms with Gasteiger partial charge in [-0.1, -0.05) is 50.3 Å². The maximum atomic E-state index is 11.6. The van der Waals surface area contributed by atoms with Crippen LogP contribution in [0.5, 0.6) is 0 Å². The Bertz CT molecular complexity index is 352. The van der Waals surface area contributed by atoms with Crippen molar-refractivity contribution in [1.29, 1.82) is 0 Å². The molecule has 1 aromatic rings. The maximum absolute atomic E-state index is 11.6. The second kappa shape index (κ2) is 7.80. The molecule has 0 fully saturated rings. The van der Waals surface area contributed by atoms with Crippen LogP contribution in [-0.2, 0) is 4.79 Å². The molecule has 0 saturated heterocycles. The van der Waals surface area contributed by atoms with E-state index in [2.05, 4.69) is 18.7 Å². The molecule has 0 atom stereocenters. The van der Waals surface area contributed by atoms with Crippen molar-refractivity contribution in [3.8, 4) is 0 Å². The molecule has 1 rings (SSSR count). The predicted octanol–water partition coefficient (Wildman–Crippen LogP) is 3.00. The van der Waals surface area contributed by atoms with Crippen molar-refractivity contribution in [3.05, 3.63) is 42.0 Å². The van der Waals surface area contributed by atoms with Gasteiger partial charge in [0.05, 0.1) is 0 Å². The summed E-state index contributed by atoms with van der Waals surface area (Å²) in [6.45, 7) is 7.10. The number of ketones is 1. The van der Waals surface area contributed by atoms with E-state index in [1.807, 2.05) is 36.4 Å². The van der Waals surface area contributed by atoms with E-state index >= 15 is 0 Å². The summed E-state index contributed by atoms with van der Waals surface area (Å²) in [6.07, 6.45) is 4.16. The zero-order valence-electron chi connectivity index (χ0n) is 10.7. The van der Waals surface area contributed by atoms with Crippen LogP contribution in [0.3, 0.4) is 0 Å². The van der Waals surface area contributed by atoms with E-state index in [1.165, 1.54) is 0 Å². The zero-order valence-corrected chi connectivity index (χ0v) is 10.7. The minimum atomic E-state index is 0.195. The van der Waals surface area contributed by atoms with E-state index in [9.17, 15) is 4.79 Å². The van der Waals surface area contributed by atoms with Gasteiger partial charge in [-0.05, 0) is 24.7 Å². The summed E-state index contributed by atoms with van der Waals surface area (Å²) in [7, 11) is 0. The molecule has 92 valence electrons. The molecule has 0 saturated carbocycles. The minimum absolute atomic E-state index is 0.195. The van der Waals surface area contributed by atoms with Crippen LogP contribution < -0.4 is 0 Å². The second-order valence-corrected chi connectivity index (χ2v) is 3.99. The van der Waals surface area contributed by atoms with E-state index in [0.29, 0.717) is 6.42 Å². The summed E-state index contributed by atoms with van der Waals surface area (Å²) < 4.78 is 0. The predicted molar refractivity (Wildman–Crippen MR) is 72.9 cm³/mol. The lowest BCUT2D eigenvalue weighted by molar-refractivity contribution is -0.114. The Morgan fingerprint density at radius 3 is 2.41 bits per heavy atom. The van der Waals surface area contributed by atoms with Crippen molar-refractivity contribution in [1.82, 2.24) is 4.90 Å².